The normalized spacial score (nSPS) is 12.6. The molecule has 1 heterocycles. The second-order valence-corrected chi connectivity index (χ2v) is 4.07. The highest BCUT2D eigenvalue weighted by atomic mass is 35.5. The first-order chi connectivity index (χ1) is 7.47. The average Bonchev–Trinajstić information content (AvgIpc) is 2.45. The quantitative estimate of drug-likeness (QED) is 0.430. The number of carbonyl (C=O) groups is 1. The highest BCUT2D eigenvalue weighted by Crippen LogP contribution is 2.06. The molecule has 0 aromatic carbocycles. The summed E-state index contributed by atoms with van der Waals surface area (Å²) < 4.78 is 8.63. The molecule has 1 aromatic heterocycles. The number of rotatable bonds is 4. The van der Waals surface area contributed by atoms with Crippen LogP contribution in [0, 0.1) is 0 Å². The zero-order chi connectivity index (χ0) is 12.3. The zero-order valence-electron chi connectivity index (χ0n) is 10.0. The first kappa shape index (κ1) is 13.1. The monoisotopic (exact) mass is 242 g/mol. The summed E-state index contributed by atoms with van der Waals surface area (Å²) in [5, 5.41) is 0.629. The van der Waals surface area contributed by atoms with Crippen LogP contribution in [0.4, 0.5) is 0 Å². The number of hydrogen-bond acceptors (Lipinski definition) is 2. The van der Waals surface area contributed by atoms with Crippen molar-refractivity contribution >= 4 is 30.6 Å². The fourth-order valence-electron chi connectivity index (χ4n) is 1.45. The Bertz CT molecular complexity index is 392. The minimum absolute atomic E-state index is 0.222. The number of carbonyl (C=O) groups excluding carboxylic acids is 1. The van der Waals surface area contributed by atoms with Crippen LogP contribution in [0.2, 0.25) is 11.0 Å². The molecule has 4 nitrogen and oxygen atoms in total. The number of aryl methyl sites for hydroxylation is 1. The Balaban J connectivity index is 2.76. The number of esters is 1. The molecular formula is C10H16BClN2O2. The number of ether oxygens (including phenoxy) is 1. The van der Waals surface area contributed by atoms with Crippen molar-refractivity contribution in [2.45, 2.75) is 19.7 Å². The maximum absolute atomic E-state index is 11.5. The van der Waals surface area contributed by atoms with Crippen molar-refractivity contribution < 1.29 is 14.1 Å². The van der Waals surface area contributed by atoms with Crippen LogP contribution in [0.3, 0.4) is 0 Å². The fraction of sp³-hybridized carbons (Fsp3) is 0.600. The average molecular weight is 243 g/mol. The van der Waals surface area contributed by atoms with E-state index < -0.39 is 0 Å². The molecule has 0 unspecified atom stereocenters. The van der Waals surface area contributed by atoms with Gasteiger partial charge in [0.25, 0.3) is 5.97 Å². The van der Waals surface area contributed by atoms with Gasteiger partial charge >= 0.3 is 0 Å². The van der Waals surface area contributed by atoms with Crippen LogP contribution in [-0.2, 0) is 23.6 Å². The number of imidazole rings is 1. The first-order valence-electron chi connectivity index (χ1n) is 5.19. The molecule has 0 spiro atoms. The lowest BCUT2D eigenvalue weighted by Gasteiger charge is -2.20. The van der Waals surface area contributed by atoms with Gasteiger partial charge in [-0.25, -0.2) is 0 Å². The Morgan fingerprint density at radius 3 is 2.81 bits per heavy atom. The molecule has 6 heteroatoms. The molecule has 88 valence electrons. The summed E-state index contributed by atoms with van der Waals surface area (Å²) in [5.74, 6) is -0.504. The number of nitrogens with zero attached hydrogens (tertiary/aromatic N) is 2. The lowest BCUT2D eigenvalue weighted by molar-refractivity contribution is -0.653. The third-order valence-corrected chi connectivity index (χ3v) is 2.73. The molecule has 0 aliphatic heterocycles. The van der Waals surface area contributed by atoms with Crippen LogP contribution >= 0.6 is 11.6 Å². The van der Waals surface area contributed by atoms with E-state index in [4.69, 9.17) is 16.3 Å². The smallest absolute Gasteiger partial charge is 0.268 e. The van der Waals surface area contributed by atoms with Crippen LogP contribution in [0.1, 0.15) is 13.8 Å². The number of aromatic nitrogens is 2. The Morgan fingerprint density at radius 2 is 2.38 bits per heavy atom. The van der Waals surface area contributed by atoms with E-state index in [0.29, 0.717) is 11.8 Å². The third kappa shape index (κ3) is 2.79. The lowest BCUT2D eigenvalue weighted by atomic mass is 9.64. The Hall–Kier alpha value is -0.965. The molecule has 0 fully saturated rings. The van der Waals surface area contributed by atoms with Gasteiger partial charge in [-0.15, -0.1) is 5.82 Å². The van der Waals surface area contributed by atoms with Crippen molar-refractivity contribution in [1.29, 1.82) is 0 Å². The highest BCUT2D eigenvalue weighted by molar-refractivity contribution is 6.56. The molecule has 0 saturated heterocycles. The zero-order valence-corrected chi connectivity index (χ0v) is 10.8. The minimum Gasteiger partial charge on any atom is -0.468 e. The van der Waals surface area contributed by atoms with Gasteiger partial charge in [0.05, 0.1) is 20.7 Å². The van der Waals surface area contributed by atoms with Gasteiger partial charge in [0.15, 0.2) is 0 Å². The van der Waals surface area contributed by atoms with Gasteiger partial charge in [-0.05, 0) is 18.5 Å². The molecule has 0 bridgehead atoms. The third-order valence-electron chi connectivity index (χ3n) is 2.38. The standard InChI is InChI=1S/C10H16BClN2O2/c1-5-16-9(15)7(2)11-10-13(3)6-8(12)14(10)4/h6-7H,5H2,1-4H3/t7-/m1/s1. The highest BCUT2D eigenvalue weighted by Gasteiger charge is 2.12. The Kier molecular flexibility index (Phi) is 4.41. The summed E-state index contributed by atoms with van der Waals surface area (Å²) in [4.78, 5) is 11.5. The molecule has 0 saturated carbocycles. The topological polar surface area (TPSA) is 35.1 Å². The maximum atomic E-state index is 11.5. The summed E-state index contributed by atoms with van der Waals surface area (Å²) in [6.45, 7) is 4.00. The van der Waals surface area contributed by atoms with E-state index in [0.717, 1.165) is 5.72 Å². The van der Waals surface area contributed by atoms with Crippen LogP contribution in [-0.4, -0.2) is 24.4 Å². The van der Waals surface area contributed by atoms with E-state index in [1.807, 2.05) is 30.5 Å². The van der Waals surface area contributed by atoms with Crippen LogP contribution in [0.25, 0.3) is 0 Å². The van der Waals surface area contributed by atoms with Gasteiger partial charge in [0, 0.05) is 5.72 Å². The van der Waals surface area contributed by atoms with Crippen molar-refractivity contribution in [3.05, 3.63) is 11.3 Å². The van der Waals surface area contributed by atoms with E-state index >= 15 is 0 Å². The Labute approximate surface area is 101 Å². The van der Waals surface area contributed by atoms with Gasteiger partial charge in [-0.3, -0.25) is 13.9 Å². The molecule has 16 heavy (non-hydrogen) atoms. The molecule has 1 rings (SSSR count). The first-order valence-corrected chi connectivity index (χ1v) is 5.57. The summed E-state index contributed by atoms with van der Waals surface area (Å²) in [6, 6.07) is 0. The molecule has 2 radical (unpaired) electrons. The largest absolute Gasteiger partial charge is 0.468 e. The van der Waals surface area contributed by atoms with Gasteiger partial charge in [0.2, 0.25) is 5.15 Å². The van der Waals surface area contributed by atoms with Crippen molar-refractivity contribution in [1.82, 2.24) is 4.57 Å². The van der Waals surface area contributed by atoms with E-state index in [1.54, 1.807) is 20.0 Å². The molecule has 0 aliphatic carbocycles. The molecule has 0 aliphatic rings. The van der Waals surface area contributed by atoms with Gasteiger partial charge in [-0.1, -0.05) is 6.92 Å². The minimum atomic E-state index is -0.282. The molecular weight excluding hydrogens is 226 g/mol. The molecule has 0 amide bonds. The second kappa shape index (κ2) is 5.39. The summed E-state index contributed by atoms with van der Waals surface area (Å²) >= 11 is 5.96. The van der Waals surface area contributed by atoms with E-state index in [2.05, 4.69) is 0 Å². The fourth-order valence-corrected chi connectivity index (χ4v) is 1.69. The van der Waals surface area contributed by atoms with Gasteiger partial charge < -0.3 is 4.74 Å². The van der Waals surface area contributed by atoms with Crippen molar-refractivity contribution in [2.75, 3.05) is 6.61 Å². The molecule has 1 atom stereocenters. The van der Waals surface area contributed by atoms with Gasteiger partial charge in [0.1, 0.15) is 6.20 Å². The van der Waals surface area contributed by atoms with E-state index in [1.165, 1.54) is 0 Å². The lowest BCUT2D eigenvalue weighted by Crippen LogP contribution is -2.51. The predicted molar refractivity (Wildman–Crippen MR) is 63.0 cm³/mol. The Morgan fingerprint density at radius 1 is 1.75 bits per heavy atom. The van der Waals surface area contributed by atoms with Crippen molar-refractivity contribution in [3.8, 4) is 0 Å². The molecule has 0 N–H and O–H groups in total. The van der Waals surface area contributed by atoms with E-state index in [-0.39, 0.29) is 11.8 Å². The van der Waals surface area contributed by atoms with Gasteiger partial charge in [-0.2, -0.15) is 7.28 Å². The van der Waals surface area contributed by atoms with Crippen molar-refractivity contribution in [2.24, 2.45) is 14.1 Å². The summed E-state index contributed by atoms with van der Waals surface area (Å²) in [6.07, 6.45) is 1.80. The summed E-state index contributed by atoms with van der Waals surface area (Å²) in [5.41, 5.74) is 0.880. The number of hydrogen-bond donors (Lipinski definition) is 0. The van der Waals surface area contributed by atoms with Crippen LogP contribution in [0.5, 0.6) is 0 Å². The maximum Gasteiger partial charge on any atom is 0.268 e. The number of halogens is 1. The second-order valence-electron chi connectivity index (χ2n) is 3.69. The SMILES string of the molecule is CCOC(=O)[C@@H](C)[B-]c1n(C)c(Cl)c[n+]1C. The molecule has 1 aromatic rings. The van der Waals surface area contributed by atoms with Crippen LogP contribution < -0.4 is 10.3 Å². The van der Waals surface area contributed by atoms with Crippen LogP contribution in [0.15, 0.2) is 6.20 Å². The predicted octanol–water partition coefficient (Wildman–Crippen LogP) is 0.204. The van der Waals surface area contributed by atoms with Crippen molar-refractivity contribution in [3.63, 3.8) is 0 Å². The van der Waals surface area contributed by atoms with E-state index in [9.17, 15) is 4.79 Å². The summed E-state index contributed by atoms with van der Waals surface area (Å²) in [7, 11) is 5.57.